The Labute approximate surface area is 102 Å². The van der Waals surface area contributed by atoms with Crippen LogP contribution in [0, 0.1) is 5.82 Å². The number of hydrogen-bond acceptors (Lipinski definition) is 2. The average Bonchev–Trinajstić information content (AvgIpc) is 2.30. The van der Waals surface area contributed by atoms with E-state index in [0.717, 1.165) is 16.9 Å². The predicted molar refractivity (Wildman–Crippen MR) is 69.5 cm³/mol. The van der Waals surface area contributed by atoms with E-state index in [1.807, 2.05) is 13.1 Å². The van der Waals surface area contributed by atoms with Gasteiger partial charge in [0.15, 0.2) is 0 Å². The number of nitrogens with one attached hydrogen (secondary N) is 1. The normalized spacial score (nSPS) is 14.8. The molecule has 1 nitrogen and oxygen atoms in total. The van der Waals surface area contributed by atoms with E-state index in [9.17, 15) is 4.39 Å². The first-order valence-corrected chi connectivity index (χ1v) is 6.60. The third-order valence-corrected chi connectivity index (χ3v) is 4.19. The maximum atomic E-state index is 13.8. The summed E-state index contributed by atoms with van der Waals surface area (Å²) in [6, 6.07) is 5.49. The Morgan fingerprint density at radius 2 is 2.06 bits per heavy atom. The monoisotopic (exact) mass is 241 g/mol. The Kier molecular flexibility index (Phi) is 5.29. The number of hydrogen-bond donors (Lipinski definition) is 1. The Morgan fingerprint density at radius 1 is 1.38 bits per heavy atom. The van der Waals surface area contributed by atoms with Crippen molar-refractivity contribution in [2.45, 2.75) is 43.4 Å². The van der Waals surface area contributed by atoms with Crippen molar-refractivity contribution in [1.82, 2.24) is 5.32 Å². The molecule has 0 aliphatic carbocycles. The lowest BCUT2D eigenvalue weighted by Crippen LogP contribution is -2.14. The fourth-order valence-corrected chi connectivity index (χ4v) is 2.56. The molecule has 0 saturated carbocycles. The van der Waals surface area contributed by atoms with E-state index < -0.39 is 0 Å². The van der Waals surface area contributed by atoms with Gasteiger partial charge >= 0.3 is 0 Å². The first kappa shape index (κ1) is 13.5. The van der Waals surface area contributed by atoms with E-state index in [-0.39, 0.29) is 11.9 Å². The maximum absolute atomic E-state index is 13.8. The molecule has 0 saturated heterocycles. The van der Waals surface area contributed by atoms with Crippen LogP contribution in [0.15, 0.2) is 23.1 Å². The Balaban J connectivity index is 3.03. The molecule has 16 heavy (non-hydrogen) atoms. The minimum atomic E-state index is -0.107. The first-order chi connectivity index (χ1) is 7.60. The third kappa shape index (κ3) is 3.22. The highest BCUT2D eigenvalue weighted by Gasteiger charge is 2.15. The molecule has 1 aromatic rings. The summed E-state index contributed by atoms with van der Waals surface area (Å²) in [5.74, 6) is -0.107. The number of benzene rings is 1. The Bertz CT molecular complexity index is 341. The van der Waals surface area contributed by atoms with Gasteiger partial charge < -0.3 is 5.32 Å². The van der Waals surface area contributed by atoms with E-state index in [2.05, 4.69) is 26.1 Å². The summed E-state index contributed by atoms with van der Waals surface area (Å²) in [7, 11) is 1.90. The van der Waals surface area contributed by atoms with Gasteiger partial charge in [0, 0.05) is 16.2 Å². The smallest absolute Gasteiger partial charge is 0.137 e. The Morgan fingerprint density at radius 3 is 2.62 bits per heavy atom. The maximum Gasteiger partial charge on any atom is 0.137 e. The second kappa shape index (κ2) is 6.26. The van der Waals surface area contributed by atoms with E-state index in [0.29, 0.717) is 5.25 Å². The van der Waals surface area contributed by atoms with Crippen molar-refractivity contribution < 1.29 is 4.39 Å². The standard InChI is InChI=1S/C13H20FNS/c1-5-9(2)16-13-11(10(3)15-4)7-6-8-12(13)14/h6-10,15H,5H2,1-4H3. The van der Waals surface area contributed by atoms with Crippen LogP contribution in [0.4, 0.5) is 4.39 Å². The topological polar surface area (TPSA) is 12.0 Å². The van der Waals surface area contributed by atoms with Gasteiger partial charge in [-0.2, -0.15) is 0 Å². The van der Waals surface area contributed by atoms with Crippen LogP contribution in [0.2, 0.25) is 0 Å². The molecule has 1 aromatic carbocycles. The SMILES string of the molecule is CCC(C)Sc1c(F)cccc1C(C)NC. The molecule has 0 fully saturated rings. The van der Waals surface area contributed by atoms with Gasteiger partial charge in [-0.3, -0.25) is 0 Å². The van der Waals surface area contributed by atoms with Crippen molar-refractivity contribution in [3.8, 4) is 0 Å². The minimum Gasteiger partial charge on any atom is -0.313 e. The van der Waals surface area contributed by atoms with Crippen LogP contribution in [0.1, 0.15) is 38.8 Å². The second-order valence-electron chi connectivity index (χ2n) is 4.01. The van der Waals surface area contributed by atoms with Gasteiger partial charge in [0.25, 0.3) is 0 Å². The Hall–Kier alpha value is -0.540. The van der Waals surface area contributed by atoms with Crippen LogP contribution in [-0.2, 0) is 0 Å². The van der Waals surface area contributed by atoms with Crippen LogP contribution in [0.5, 0.6) is 0 Å². The van der Waals surface area contributed by atoms with Crippen molar-refractivity contribution >= 4 is 11.8 Å². The van der Waals surface area contributed by atoms with Crippen molar-refractivity contribution in [3.05, 3.63) is 29.6 Å². The highest BCUT2D eigenvalue weighted by Crippen LogP contribution is 2.33. The zero-order valence-corrected chi connectivity index (χ0v) is 11.2. The van der Waals surface area contributed by atoms with E-state index in [1.165, 1.54) is 6.07 Å². The summed E-state index contributed by atoms with van der Waals surface area (Å²) >= 11 is 1.63. The largest absolute Gasteiger partial charge is 0.313 e. The molecule has 2 atom stereocenters. The lowest BCUT2D eigenvalue weighted by molar-refractivity contribution is 0.575. The molecule has 0 amide bonds. The van der Waals surface area contributed by atoms with Gasteiger partial charge in [-0.1, -0.05) is 26.0 Å². The number of halogens is 1. The molecule has 0 aliphatic heterocycles. The fourth-order valence-electron chi connectivity index (χ4n) is 1.43. The molecule has 3 heteroatoms. The molecular weight excluding hydrogens is 221 g/mol. The molecule has 1 rings (SSSR count). The summed E-state index contributed by atoms with van der Waals surface area (Å²) < 4.78 is 13.8. The van der Waals surface area contributed by atoms with Gasteiger partial charge in [-0.05, 0) is 32.0 Å². The summed E-state index contributed by atoms with van der Waals surface area (Å²) in [4.78, 5) is 0.790. The fraction of sp³-hybridized carbons (Fsp3) is 0.538. The van der Waals surface area contributed by atoms with E-state index >= 15 is 0 Å². The average molecular weight is 241 g/mol. The first-order valence-electron chi connectivity index (χ1n) is 5.72. The van der Waals surface area contributed by atoms with Gasteiger partial charge in [0.05, 0.1) is 0 Å². The van der Waals surface area contributed by atoms with Crippen molar-refractivity contribution in [3.63, 3.8) is 0 Å². The molecule has 90 valence electrons. The number of thioether (sulfide) groups is 1. The lowest BCUT2D eigenvalue weighted by Gasteiger charge is -2.18. The summed E-state index contributed by atoms with van der Waals surface area (Å²) in [6.07, 6.45) is 1.05. The number of rotatable bonds is 5. The molecule has 0 spiro atoms. The minimum absolute atomic E-state index is 0.107. The third-order valence-electron chi connectivity index (χ3n) is 2.79. The summed E-state index contributed by atoms with van der Waals surface area (Å²) in [6.45, 7) is 6.31. The molecule has 1 N–H and O–H groups in total. The van der Waals surface area contributed by atoms with Crippen molar-refractivity contribution in [1.29, 1.82) is 0 Å². The van der Waals surface area contributed by atoms with Crippen LogP contribution in [0.25, 0.3) is 0 Å². The molecule has 0 aliphatic rings. The van der Waals surface area contributed by atoms with Crippen molar-refractivity contribution in [2.24, 2.45) is 0 Å². The molecule has 2 unspecified atom stereocenters. The summed E-state index contributed by atoms with van der Waals surface area (Å²) in [5.41, 5.74) is 1.05. The van der Waals surface area contributed by atoms with E-state index in [1.54, 1.807) is 17.8 Å². The van der Waals surface area contributed by atoms with Crippen LogP contribution < -0.4 is 5.32 Å². The van der Waals surface area contributed by atoms with Gasteiger partial charge in [0.2, 0.25) is 0 Å². The van der Waals surface area contributed by atoms with Crippen LogP contribution in [-0.4, -0.2) is 12.3 Å². The van der Waals surface area contributed by atoms with Crippen LogP contribution >= 0.6 is 11.8 Å². The zero-order valence-electron chi connectivity index (χ0n) is 10.4. The van der Waals surface area contributed by atoms with Crippen molar-refractivity contribution in [2.75, 3.05) is 7.05 Å². The van der Waals surface area contributed by atoms with Gasteiger partial charge in [-0.25, -0.2) is 4.39 Å². The molecule has 0 bridgehead atoms. The second-order valence-corrected chi connectivity index (χ2v) is 5.45. The van der Waals surface area contributed by atoms with Gasteiger partial charge in [0.1, 0.15) is 5.82 Å². The van der Waals surface area contributed by atoms with E-state index in [4.69, 9.17) is 0 Å². The molecule has 0 aromatic heterocycles. The van der Waals surface area contributed by atoms with Crippen LogP contribution in [0.3, 0.4) is 0 Å². The summed E-state index contributed by atoms with van der Waals surface area (Å²) in [5, 5.41) is 3.60. The zero-order chi connectivity index (χ0) is 12.1. The van der Waals surface area contributed by atoms with Gasteiger partial charge in [-0.15, -0.1) is 11.8 Å². The quantitative estimate of drug-likeness (QED) is 0.782. The highest BCUT2D eigenvalue weighted by atomic mass is 32.2. The molecular formula is C13H20FNS. The molecule has 0 radical (unpaired) electrons. The lowest BCUT2D eigenvalue weighted by atomic mass is 10.1. The molecule has 0 heterocycles. The highest BCUT2D eigenvalue weighted by molar-refractivity contribution is 8.00. The predicted octanol–water partition coefficient (Wildman–Crippen LogP) is 4.00.